The minimum absolute atomic E-state index is 0.00897. The predicted molar refractivity (Wildman–Crippen MR) is 190 cm³/mol. The molecular weight excluding hydrogens is 832 g/mol. The second-order valence-corrected chi connectivity index (χ2v) is 16.7. The van der Waals surface area contributed by atoms with Crippen LogP contribution in [0.1, 0.15) is 38.5 Å². The van der Waals surface area contributed by atoms with Crippen molar-refractivity contribution in [2.24, 2.45) is 11.8 Å². The van der Waals surface area contributed by atoms with Crippen molar-refractivity contribution in [1.82, 2.24) is 0 Å². The maximum atomic E-state index is 12.0. The van der Waals surface area contributed by atoms with E-state index in [1.807, 2.05) is 0 Å². The molecule has 25 heteroatoms. The van der Waals surface area contributed by atoms with E-state index in [2.05, 4.69) is 0 Å². The van der Waals surface area contributed by atoms with Crippen LogP contribution in [-0.2, 0) is 42.7 Å². The summed E-state index contributed by atoms with van der Waals surface area (Å²) in [5, 5.41) is 158. The van der Waals surface area contributed by atoms with Crippen LogP contribution in [0.2, 0.25) is 0 Å². The van der Waals surface area contributed by atoms with Gasteiger partial charge in [-0.2, -0.15) is 0 Å². The fraction of sp³-hybridized carbons (Fsp3) is 0.944. The smallest absolute Gasteiger partial charge is 0.317 e. The molecule has 23 unspecified atom stereocenters. The van der Waals surface area contributed by atoms with Gasteiger partial charge in [0.15, 0.2) is 31.1 Å². The van der Waals surface area contributed by atoms with Crippen molar-refractivity contribution in [1.29, 1.82) is 0 Å². The van der Waals surface area contributed by atoms with Gasteiger partial charge in [-0.1, -0.05) is 0 Å². The molecule has 2 aliphatic carbocycles. The third-order valence-corrected chi connectivity index (χ3v) is 12.6. The first-order chi connectivity index (χ1) is 28.8. The van der Waals surface area contributed by atoms with Crippen LogP contribution in [0.4, 0.5) is 0 Å². The summed E-state index contributed by atoms with van der Waals surface area (Å²) in [5.41, 5.74) is 0. The van der Waals surface area contributed by atoms with Crippen LogP contribution in [-0.4, -0.2) is 254 Å². The average Bonchev–Trinajstić information content (AvgIpc) is 3.21. The first-order valence-corrected chi connectivity index (χ1v) is 20.2. The number of aliphatic hydroxyl groups excluding tert-OH is 14. The first kappa shape index (κ1) is 48.6. The van der Waals surface area contributed by atoms with E-state index in [1.165, 1.54) is 0 Å². The van der Waals surface area contributed by atoms with Gasteiger partial charge in [-0.05, 0) is 19.3 Å². The summed E-state index contributed by atoms with van der Waals surface area (Å²) in [4.78, 5) is 22.9. The molecule has 0 bridgehead atoms. The molecule has 6 fully saturated rings. The van der Waals surface area contributed by atoms with E-state index in [4.69, 9.17) is 43.0 Å². The molecule has 352 valence electrons. The monoisotopic (exact) mass is 891 g/mol. The van der Waals surface area contributed by atoms with E-state index in [-0.39, 0.29) is 32.1 Å². The summed E-state index contributed by atoms with van der Waals surface area (Å²) in [5.74, 6) is -4.18. The molecule has 25 nitrogen and oxygen atoms in total. The Bertz CT molecular complexity index is 1390. The summed E-state index contributed by atoms with van der Waals surface area (Å²) >= 11 is 0. The average molecular weight is 892 g/mol. The molecule has 6 aliphatic rings. The van der Waals surface area contributed by atoms with Crippen LogP contribution in [0.5, 0.6) is 0 Å². The van der Waals surface area contributed by atoms with Crippen molar-refractivity contribution in [3.8, 4) is 0 Å². The lowest BCUT2D eigenvalue weighted by Crippen LogP contribution is -2.65. The Morgan fingerprint density at radius 2 is 1.00 bits per heavy atom. The number of rotatable bonds is 13. The van der Waals surface area contributed by atoms with Crippen LogP contribution in [0.3, 0.4) is 0 Å². The molecule has 4 saturated heterocycles. The normalized spacial score (nSPS) is 50.7. The van der Waals surface area contributed by atoms with Gasteiger partial charge in [-0.3, -0.25) is 9.59 Å². The van der Waals surface area contributed by atoms with Gasteiger partial charge < -0.3 is 114 Å². The van der Waals surface area contributed by atoms with E-state index in [0.717, 1.165) is 0 Å². The zero-order valence-corrected chi connectivity index (χ0v) is 32.6. The van der Waals surface area contributed by atoms with E-state index in [9.17, 15) is 81.1 Å². The molecule has 16 N–H and O–H groups in total. The highest BCUT2D eigenvalue weighted by molar-refractivity contribution is 5.90. The summed E-state index contributed by atoms with van der Waals surface area (Å²) in [7, 11) is 0. The van der Waals surface area contributed by atoms with Crippen molar-refractivity contribution in [2.45, 2.75) is 179 Å². The fourth-order valence-electron chi connectivity index (χ4n) is 9.19. The number of aliphatic carboxylic acids is 1. The quantitative estimate of drug-likeness (QED) is 0.0464. The Labute approximate surface area is 347 Å². The Balaban J connectivity index is 1.30. The molecule has 4 heterocycles. The van der Waals surface area contributed by atoms with E-state index < -0.39 is 191 Å². The maximum Gasteiger partial charge on any atom is 0.317 e. The van der Waals surface area contributed by atoms with Crippen LogP contribution in [0.15, 0.2) is 0 Å². The molecule has 4 aliphatic heterocycles. The number of fused-ring (bicyclic) bond motifs is 1. The summed E-state index contributed by atoms with van der Waals surface area (Å²) in [6.07, 6.45) is -37.4. The fourth-order valence-corrected chi connectivity index (χ4v) is 9.19. The summed E-state index contributed by atoms with van der Waals surface area (Å²) in [6.45, 7) is -2.38. The minimum Gasteiger partial charge on any atom is -0.481 e. The zero-order valence-electron chi connectivity index (χ0n) is 32.6. The van der Waals surface area contributed by atoms with Crippen molar-refractivity contribution < 1.29 is 124 Å². The number of esters is 1. The van der Waals surface area contributed by atoms with Gasteiger partial charge in [-0.25, -0.2) is 0 Å². The number of carbonyl (C=O) groups excluding carboxylic acids is 1. The Morgan fingerprint density at radius 3 is 1.48 bits per heavy atom. The number of carboxylic acid groups (broad SMARTS) is 1. The topological polar surface area (TPSA) is 415 Å². The highest BCUT2D eigenvalue weighted by Crippen LogP contribution is 2.44. The van der Waals surface area contributed by atoms with Crippen molar-refractivity contribution >= 4 is 11.9 Å². The Hall–Kier alpha value is -1.90. The van der Waals surface area contributed by atoms with Gasteiger partial charge in [-0.15, -0.1) is 0 Å². The van der Waals surface area contributed by atoms with Gasteiger partial charge in [0.25, 0.3) is 0 Å². The minimum atomic E-state index is -1.94. The van der Waals surface area contributed by atoms with Gasteiger partial charge in [0.05, 0.1) is 43.5 Å². The van der Waals surface area contributed by atoms with Gasteiger partial charge in [0.2, 0.25) is 0 Å². The highest BCUT2D eigenvalue weighted by Gasteiger charge is 2.58. The highest BCUT2D eigenvalue weighted by atomic mass is 16.7. The van der Waals surface area contributed by atoms with E-state index in [1.54, 1.807) is 0 Å². The Kier molecular flexibility index (Phi) is 16.3. The number of hydrogen-bond acceptors (Lipinski definition) is 23. The van der Waals surface area contributed by atoms with Crippen LogP contribution in [0.25, 0.3) is 0 Å². The molecule has 2 saturated carbocycles. The number of ether oxygens (including phenoxy) is 8. The SMILES string of the molecule is O=C(O)CC(=O)OCC1OC(OC2CC3C(O)CC(O)CC3[OH+]C2C2CC(OC3OC(CO)C(O)C(O)C3O)C(O)C(OC3OC(CO)C(O)C(O)C3O)C2)C(O)C(O)C1O. The van der Waals surface area contributed by atoms with Crippen LogP contribution >= 0.6 is 0 Å². The van der Waals surface area contributed by atoms with Crippen molar-refractivity contribution in [3.63, 3.8) is 0 Å². The maximum absolute atomic E-state index is 12.0. The van der Waals surface area contributed by atoms with Gasteiger partial charge in [0.1, 0.15) is 98.5 Å². The lowest BCUT2D eigenvalue weighted by atomic mass is 9.72. The molecule has 0 spiro atoms. The molecule has 6 rings (SSSR count). The first-order valence-electron chi connectivity index (χ1n) is 20.2. The van der Waals surface area contributed by atoms with Crippen molar-refractivity contribution in [2.75, 3.05) is 19.8 Å². The second kappa shape index (κ2) is 20.5. The molecule has 23 atom stereocenters. The molecule has 0 radical (unpaired) electrons. The summed E-state index contributed by atoms with van der Waals surface area (Å²) < 4.78 is 45.1. The molecule has 0 aromatic rings. The van der Waals surface area contributed by atoms with Crippen LogP contribution in [0, 0.1) is 11.8 Å². The number of hydrogen-bond donors (Lipinski definition) is 15. The third kappa shape index (κ3) is 10.6. The number of aliphatic hydroxyl groups is 16. The van der Waals surface area contributed by atoms with E-state index in [0.29, 0.717) is 0 Å². The number of carbonyl (C=O) groups is 2. The van der Waals surface area contributed by atoms with Crippen molar-refractivity contribution in [3.05, 3.63) is 0 Å². The molecular formula is C36H59O25+. The number of carboxylic acids is 1. The van der Waals surface area contributed by atoms with Gasteiger partial charge in [0, 0.05) is 18.8 Å². The largest absolute Gasteiger partial charge is 0.481 e. The molecule has 0 aromatic heterocycles. The Morgan fingerprint density at radius 1 is 0.541 bits per heavy atom. The molecule has 61 heavy (non-hydrogen) atoms. The van der Waals surface area contributed by atoms with Gasteiger partial charge >= 0.3 is 11.9 Å². The summed E-state index contributed by atoms with van der Waals surface area (Å²) in [6, 6.07) is 0. The van der Waals surface area contributed by atoms with Crippen LogP contribution < -0.4 is 0 Å². The zero-order chi connectivity index (χ0) is 44.6. The lowest BCUT2D eigenvalue weighted by molar-refractivity contribution is -0.365. The third-order valence-electron chi connectivity index (χ3n) is 12.6. The second-order valence-electron chi connectivity index (χ2n) is 16.7. The standard InChI is InChI=1S/C36H58O25/c37-7-18-24(45)27(48)30(51)34(59-18)56-15-1-10(2-16(23(15)44)57-35-31(52)28(49)25(46)19(8-38)60-35)33-17(5-12-13(40)3-11(39)4-14(12)55-33)58-36-32(53)29(50)26(47)20(61-36)9-54-22(43)6-21(41)42/h10-20,23-40,44-53H,1-9H2,(H,41,42)/p+1. The molecule has 0 amide bonds. The predicted octanol–water partition coefficient (Wildman–Crippen LogP) is -8.86. The lowest BCUT2D eigenvalue weighted by Gasteiger charge is -2.50. The van der Waals surface area contributed by atoms with E-state index >= 15 is 0 Å². The molecule has 0 aromatic carbocycles.